The van der Waals surface area contributed by atoms with Gasteiger partial charge in [-0.2, -0.15) is 0 Å². The molecule has 5 nitrogen and oxygen atoms in total. The standard InChI is InChI=1S/C21H17ClN2O3S/c1-27-15-8-9-17-19(11-15)28-18-7-3-6-16(21(25)26)20(18)24(17)12-23-14-5-2-4-13(22)10-14/h2-11,23H,12H2,1H3,(H,25,26). The molecule has 2 N–H and O–H groups in total. The van der Waals surface area contributed by atoms with Crippen LogP contribution in [0.2, 0.25) is 5.02 Å². The van der Waals surface area contributed by atoms with Crippen LogP contribution in [-0.2, 0) is 0 Å². The average molecular weight is 413 g/mol. The van der Waals surface area contributed by atoms with Crippen LogP contribution in [0.4, 0.5) is 17.1 Å². The van der Waals surface area contributed by atoms with Gasteiger partial charge in [-0.15, -0.1) is 0 Å². The van der Waals surface area contributed by atoms with Crippen molar-refractivity contribution in [2.75, 3.05) is 24.0 Å². The van der Waals surface area contributed by atoms with Gasteiger partial charge in [-0.05, 0) is 48.5 Å². The van der Waals surface area contributed by atoms with Crippen LogP contribution in [0.5, 0.6) is 5.75 Å². The molecule has 0 spiro atoms. The quantitative estimate of drug-likeness (QED) is 0.559. The third-order valence-corrected chi connectivity index (χ3v) is 5.77. The van der Waals surface area contributed by atoms with Crippen molar-refractivity contribution >= 4 is 46.4 Å². The summed E-state index contributed by atoms with van der Waals surface area (Å²) in [6.07, 6.45) is 0. The lowest BCUT2D eigenvalue weighted by Gasteiger charge is -2.34. The second-order valence-corrected chi connectivity index (χ2v) is 7.69. The van der Waals surface area contributed by atoms with Gasteiger partial charge in [-0.1, -0.05) is 35.5 Å². The van der Waals surface area contributed by atoms with Crippen LogP contribution < -0.4 is 15.0 Å². The predicted octanol–water partition coefficient (Wildman–Crippen LogP) is 5.72. The van der Waals surface area contributed by atoms with Crippen LogP contribution in [0.1, 0.15) is 10.4 Å². The Morgan fingerprint density at radius 1 is 1.14 bits per heavy atom. The van der Waals surface area contributed by atoms with Crippen molar-refractivity contribution in [3.63, 3.8) is 0 Å². The van der Waals surface area contributed by atoms with Crippen LogP contribution in [0.15, 0.2) is 70.5 Å². The van der Waals surface area contributed by atoms with E-state index in [1.54, 1.807) is 19.2 Å². The molecule has 0 aromatic heterocycles. The van der Waals surface area contributed by atoms with Gasteiger partial charge in [-0.3, -0.25) is 0 Å². The summed E-state index contributed by atoms with van der Waals surface area (Å²) in [6.45, 7) is 0.386. The first-order valence-corrected chi connectivity index (χ1v) is 9.75. The highest BCUT2D eigenvalue weighted by atomic mass is 35.5. The zero-order chi connectivity index (χ0) is 19.7. The second kappa shape index (κ2) is 7.66. The minimum atomic E-state index is -0.956. The summed E-state index contributed by atoms with van der Waals surface area (Å²) >= 11 is 7.62. The molecule has 1 heterocycles. The van der Waals surface area contributed by atoms with Crippen LogP contribution in [0, 0.1) is 0 Å². The molecule has 142 valence electrons. The lowest BCUT2D eigenvalue weighted by atomic mass is 10.1. The average Bonchev–Trinajstić information content (AvgIpc) is 2.70. The molecule has 7 heteroatoms. The number of benzene rings is 3. The number of methoxy groups -OCH3 is 1. The number of fused-ring (bicyclic) bond motifs is 2. The minimum Gasteiger partial charge on any atom is -0.497 e. The van der Waals surface area contributed by atoms with Gasteiger partial charge in [0, 0.05) is 20.5 Å². The molecule has 3 aromatic carbocycles. The van der Waals surface area contributed by atoms with Gasteiger partial charge in [0.05, 0.1) is 30.7 Å². The molecule has 4 rings (SSSR count). The van der Waals surface area contributed by atoms with Crippen LogP contribution in [0.3, 0.4) is 0 Å². The van der Waals surface area contributed by atoms with E-state index in [9.17, 15) is 9.90 Å². The molecular weight excluding hydrogens is 396 g/mol. The largest absolute Gasteiger partial charge is 0.497 e. The summed E-state index contributed by atoms with van der Waals surface area (Å²) in [6, 6.07) is 18.5. The molecule has 0 fully saturated rings. The number of nitrogens with zero attached hydrogens (tertiary/aromatic N) is 1. The van der Waals surface area contributed by atoms with Crippen molar-refractivity contribution in [1.29, 1.82) is 0 Å². The Hall–Kier alpha value is -2.83. The molecule has 0 unspecified atom stereocenters. The highest BCUT2D eigenvalue weighted by Gasteiger charge is 2.28. The fourth-order valence-electron chi connectivity index (χ4n) is 3.15. The minimum absolute atomic E-state index is 0.263. The van der Waals surface area contributed by atoms with Gasteiger partial charge in [0.25, 0.3) is 0 Å². The summed E-state index contributed by atoms with van der Waals surface area (Å²) in [4.78, 5) is 15.7. The number of halogens is 1. The van der Waals surface area contributed by atoms with Gasteiger partial charge >= 0.3 is 5.97 Å². The van der Waals surface area contributed by atoms with Crippen LogP contribution >= 0.6 is 23.4 Å². The number of rotatable bonds is 5. The Balaban J connectivity index is 1.78. The fourth-order valence-corrected chi connectivity index (χ4v) is 4.50. The van der Waals surface area contributed by atoms with Crippen LogP contribution in [0.25, 0.3) is 0 Å². The maximum Gasteiger partial charge on any atom is 0.337 e. The molecule has 0 atom stereocenters. The van der Waals surface area contributed by atoms with E-state index < -0.39 is 5.97 Å². The number of anilines is 3. The maximum atomic E-state index is 11.9. The molecular formula is C21H17ClN2O3S. The van der Waals surface area contributed by atoms with Crippen molar-refractivity contribution in [3.8, 4) is 5.75 Å². The zero-order valence-electron chi connectivity index (χ0n) is 15.0. The Labute approximate surface area is 171 Å². The first-order chi connectivity index (χ1) is 13.6. The number of hydrogen-bond acceptors (Lipinski definition) is 5. The summed E-state index contributed by atoms with van der Waals surface area (Å²) in [5, 5.41) is 13.7. The number of carboxylic acids is 1. The molecule has 0 radical (unpaired) electrons. The third-order valence-electron chi connectivity index (χ3n) is 4.44. The van der Waals surface area contributed by atoms with Crippen molar-refractivity contribution in [1.82, 2.24) is 0 Å². The van der Waals surface area contributed by atoms with E-state index in [1.807, 2.05) is 53.4 Å². The van der Waals surface area contributed by atoms with Gasteiger partial charge < -0.3 is 20.1 Å². The van der Waals surface area contributed by atoms with E-state index in [1.165, 1.54) is 11.8 Å². The van der Waals surface area contributed by atoms with E-state index >= 15 is 0 Å². The van der Waals surface area contributed by atoms with E-state index in [0.29, 0.717) is 17.4 Å². The smallest absolute Gasteiger partial charge is 0.337 e. The number of ether oxygens (including phenoxy) is 1. The van der Waals surface area contributed by atoms with Crippen molar-refractivity contribution in [2.45, 2.75) is 9.79 Å². The number of hydrogen-bond donors (Lipinski definition) is 2. The maximum absolute atomic E-state index is 11.9. The van der Waals surface area contributed by atoms with Crippen molar-refractivity contribution in [3.05, 3.63) is 71.2 Å². The normalized spacial score (nSPS) is 12.1. The number of para-hydroxylation sites is 1. The Morgan fingerprint density at radius 2 is 1.96 bits per heavy atom. The van der Waals surface area contributed by atoms with E-state index in [-0.39, 0.29) is 5.56 Å². The lowest BCUT2D eigenvalue weighted by molar-refractivity contribution is 0.0697. The summed E-state index contributed by atoms with van der Waals surface area (Å²) in [7, 11) is 1.63. The first-order valence-electron chi connectivity index (χ1n) is 8.56. The molecule has 1 aliphatic heterocycles. The molecule has 1 aliphatic rings. The highest BCUT2D eigenvalue weighted by Crippen LogP contribution is 2.50. The molecule has 28 heavy (non-hydrogen) atoms. The number of nitrogens with one attached hydrogen (secondary N) is 1. The third kappa shape index (κ3) is 3.48. The summed E-state index contributed by atoms with van der Waals surface area (Å²) in [5.74, 6) is -0.200. The summed E-state index contributed by atoms with van der Waals surface area (Å²) < 4.78 is 5.35. The summed E-state index contributed by atoms with van der Waals surface area (Å²) in [5.41, 5.74) is 2.71. The number of aromatic carboxylic acids is 1. The Bertz CT molecular complexity index is 1060. The van der Waals surface area contributed by atoms with E-state index in [0.717, 1.165) is 26.9 Å². The van der Waals surface area contributed by atoms with Gasteiger partial charge in [-0.25, -0.2) is 4.79 Å². The molecule has 0 amide bonds. The topological polar surface area (TPSA) is 61.8 Å². The molecule has 0 aliphatic carbocycles. The molecule has 0 saturated heterocycles. The van der Waals surface area contributed by atoms with E-state index in [4.69, 9.17) is 16.3 Å². The van der Waals surface area contributed by atoms with Gasteiger partial charge in [0.1, 0.15) is 5.75 Å². The molecule has 0 bridgehead atoms. The number of carboxylic acid groups (broad SMARTS) is 1. The van der Waals surface area contributed by atoms with Gasteiger partial charge in [0.15, 0.2) is 0 Å². The molecule has 0 saturated carbocycles. The van der Waals surface area contributed by atoms with Crippen LogP contribution in [-0.4, -0.2) is 24.9 Å². The SMILES string of the molecule is COc1ccc2c(c1)Sc1cccc(C(=O)O)c1N2CNc1cccc(Cl)c1. The highest BCUT2D eigenvalue weighted by molar-refractivity contribution is 7.99. The van der Waals surface area contributed by atoms with Gasteiger partial charge in [0.2, 0.25) is 0 Å². The second-order valence-electron chi connectivity index (χ2n) is 6.17. The number of carbonyl (C=O) groups is 1. The van der Waals surface area contributed by atoms with Crippen molar-refractivity contribution in [2.24, 2.45) is 0 Å². The Morgan fingerprint density at radius 3 is 2.71 bits per heavy atom. The molecule has 3 aromatic rings. The predicted molar refractivity (Wildman–Crippen MR) is 113 cm³/mol. The fraction of sp³-hybridized carbons (Fsp3) is 0.0952. The van der Waals surface area contributed by atoms with Crippen molar-refractivity contribution < 1.29 is 14.6 Å². The van der Waals surface area contributed by atoms with E-state index in [2.05, 4.69) is 5.32 Å². The Kier molecular flexibility index (Phi) is 5.07. The monoisotopic (exact) mass is 412 g/mol. The lowest BCUT2D eigenvalue weighted by Crippen LogP contribution is -2.28. The first kappa shape index (κ1) is 18.5. The zero-order valence-corrected chi connectivity index (χ0v) is 16.6.